The predicted molar refractivity (Wildman–Crippen MR) is 67.8 cm³/mol. The molecule has 0 spiro atoms. The fourth-order valence-corrected chi connectivity index (χ4v) is 1.97. The van der Waals surface area contributed by atoms with Crippen LogP contribution in [0.1, 0.15) is 30.7 Å². The molecule has 2 rings (SSSR count). The van der Waals surface area contributed by atoms with E-state index in [0.717, 1.165) is 17.2 Å². The van der Waals surface area contributed by atoms with Crippen molar-refractivity contribution in [3.05, 3.63) is 53.2 Å². The van der Waals surface area contributed by atoms with E-state index in [4.69, 9.17) is 16.0 Å². The molecule has 0 saturated heterocycles. The molecule has 1 unspecified atom stereocenters. The molecule has 1 atom stereocenters. The fraction of sp³-hybridized carbons (Fsp3) is 0.308. The highest BCUT2D eigenvalue weighted by Crippen LogP contribution is 2.20. The van der Waals surface area contributed by atoms with Gasteiger partial charge in [-0.15, -0.1) is 0 Å². The van der Waals surface area contributed by atoms with E-state index in [-0.39, 0.29) is 6.04 Å². The van der Waals surface area contributed by atoms with Crippen LogP contribution in [0.15, 0.2) is 41.3 Å². The molecule has 0 saturated carbocycles. The van der Waals surface area contributed by atoms with Crippen molar-refractivity contribution in [3.63, 3.8) is 0 Å². The van der Waals surface area contributed by atoms with E-state index >= 15 is 0 Å². The molecule has 4 heteroatoms. The first-order valence-electron chi connectivity index (χ1n) is 5.66. The van der Waals surface area contributed by atoms with Crippen molar-refractivity contribution >= 4 is 11.6 Å². The van der Waals surface area contributed by atoms with Gasteiger partial charge in [-0.05, 0) is 24.1 Å². The molecule has 2 aromatic rings. The Bertz CT molecular complexity index is 456. The highest BCUT2D eigenvalue weighted by Gasteiger charge is 2.09. The number of hydrogen-bond acceptors (Lipinski definition) is 3. The highest BCUT2D eigenvalue weighted by molar-refractivity contribution is 6.30. The van der Waals surface area contributed by atoms with Gasteiger partial charge in [-0.3, -0.25) is 0 Å². The van der Waals surface area contributed by atoms with Crippen molar-refractivity contribution in [1.82, 2.24) is 10.3 Å². The van der Waals surface area contributed by atoms with E-state index in [1.165, 1.54) is 12.0 Å². The van der Waals surface area contributed by atoms with Gasteiger partial charge in [0.2, 0.25) is 0 Å². The third kappa shape index (κ3) is 3.32. The van der Waals surface area contributed by atoms with Crippen LogP contribution in [0.5, 0.6) is 0 Å². The number of oxazole rings is 1. The molecule has 1 aromatic heterocycles. The van der Waals surface area contributed by atoms with Gasteiger partial charge in [0.15, 0.2) is 6.39 Å². The number of nitrogens with one attached hydrogen (secondary N) is 1. The quantitative estimate of drug-likeness (QED) is 0.882. The molecule has 0 aliphatic carbocycles. The standard InChI is InChI=1S/C13H15ClN2O/c1-2-13(10-4-3-5-11(14)6-10)16-8-12-7-15-9-17-12/h3-7,9,13,16H,2,8H2,1H3. The third-order valence-corrected chi connectivity index (χ3v) is 2.90. The molecule has 0 bridgehead atoms. The minimum absolute atomic E-state index is 0.277. The maximum atomic E-state index is 5.99. The van der Waals surface area contributed by atoms with Crippen LogP contribution < -0.4 is 5.32 Å². The van der Waals surface area contributed by atoms with E-state index in [9.17, 15) is 0 Å². The Morgan fingerprint density at radius 3 is 3.00 bits per heavy atom. The Morgan fingerprint density at radius 1 is 1.47 bits per heavy atom. The highest BCUT2D eigenvalue weighted by atomic mass is 35.5. The van der Waals surface area contributed by atoms with Gasteiger partial charge in [0.1, 0.15) is 5.76 Å². The molecular formula is C13H15ClN2O. The summed E-state index contributed by atoms with van der Waals surface area (Å²) in [5, 5.41) is 4.19. The number of benzene rings is 1. The monoisotopic (exact) mass is 250 g/mol. The molecular weight excluding hydrogens is 236 g/mol. The summed E-state index contributed by atoms with van der Waals surface area (Å²) in [6, 6.07) is 8.19. The minimum atomic E-state index is 0.277. The van der Waals surface area contributed by atoms with Gasteiger partial charge in [-0.25, -0.2) is 4.98 Å². The van der Waals surface area contributed by atoms with Crippen LogP contribution in [0.25, 0.3) is 0 Å². The molecule has 0 aliphatic heterocycles. The molecule has 0 radical (unpaired) electrons. The Labute approximate surface area is 106 Å². The normalized spacial score (nSPS) is 12.6. The Balaban J connectivity index is 2.01. The zero-order valence-electron chi connectivity index (χ0n) is 9.69. The molecule has 1 N–H and O–H groups in total. The Hall–Kier alpha value is -1.32. The van der Waals surface area contributed by atoms with Crippen LogP contribution in [0, 0.1) is 0 Å². The molecule has 0 amide bonds. The first-order valence-corrected chi connectivity index (χ1v) is 6.03. The third-order valence-electron chi connectivity index (χ3n) is 2.67. The first kappa shape index (κ1) is 12.1. The second-order valence-corrected chi connectivity index (χ2v) is 4.30. The maximum absolute atomic E-state index is 5.99. The maximum Gasteiger partial charge on any atom is 0.180 e. The summed E-state index contributed by atoms with van der Waals surface area (Å²) < 4.78 is 5.19. The molecule has 0 fully saturated rings. The zero-order chi connectivity index (χ0) is 12.1. The summed E-state index contributed by atoms with van der Waals surface area (Å²) in [7, 11) is 0. The molecule has 0 aliphatic rings. The fourth-order valence-electron chi connectivity index (χ4n) is 1.77. The lowest BCUT2D eigenvalue weighted by atomic mass is 10.0. The van der Waals surface area contributed by atoms with E-state index in [1.807, 2.05) is 18.2 Å². The van der Waals surface area contributed by atoms with E-state index in [2.05, 4.69) is 23.3 Å². The van der Waals surface area contributed by atoms with Crippen molar-refractivity contribution in [2.75, 3.05) is 0 Å². The minimum Gasteiger partial charge on any atom is -0.447 e. The van der Waals surface area contributed by atoms with Crippen LogP contribution in [0.3, 0.4) is 0 Å². The molecule has 3 nitrogen and oxygen atoms in total. The summed E-state index contributed by atoms with van der Waals surface area (Å²) in [6.45, 7) is 2.81. The van der Waals surface area contributed by atoms with Crippen LogP contribution >= 0.6 is 11.6 Å². The van der Waals surface area contributed by atoms with Gasteiger partial charge in [0.25, 0.3) is 0 Å². The van der Waals surface area contributed by atoms with Crippen LogP contribution in [-0.4, -0.2) is 4.98 Å². The predicted octanol–water partition coefficient (Wildman–Crippen LogP) is 3.57. The van der Waals surface area contributed by atoms with Gasteiger partial charge in [-0.2, -0.15) is 0 Å². The zero-order valence-corrected chi connectivity index (χ0v) is 10.4. The number of aromatic nitrogens is 1. The SMILES string of the molecule is CCC(NCc1cnco1)c1cccc(Cl)c1. The van der Waals surface area contributed by atoms with Gasteiger partial charge in [0.05, 0.1) is 12.7 Å². The number of hydrogen-bond donors (Lipinski definition) is 1. The lowest BCUT2D eigenvalue weighted by molar-refractivity contribution is 0.441. The van der Waals surface area contributed by atoms with Gasteiger partial charge < -0.3 is 9.73 Å². The van der Waals surface area contributed by atoms with Gasteiger partial charge in [0, 0.05) is 11.1 Å². The number of rotatable bonds is 5. The van der Waals surface area contributed by atoms with Gasteiger partial charge >= 0.3 is 0 Å². The molecule has 90 valence electrons. The van der Waals surface area contributed by atoms with E-state index in [0.29, 0.717) is 6.54 Å². The topological polar surface area (TPSA) is 38.1 Å². The summed E-state index contributed by atoms with van der Waals surface area (Å²) in [5.41, 5.74) is 1.19. The Kier molecular flexibility index (Phi) is 4.18. The number of halogens is 1. The second-order valence-electron chi connectivity index (χ2n) is 3.86. The summed E-state index contributed by atoms with van der Waals surface area (Å²) in [5.74, 6) is 0.838. The second kappa shape index (κ2) is 5.84. The lowest BCUT2D eigenvalue weighted by Crippen LogP contribution is -2.19. The van der Waals surface area contributed by atoms with Crippen LogP contribution in [0.4, 0.5) is 0 Å². The first-order chi connectivity index (χ1) is 8.29. The van der Waals surface area contributed by atoms with Crippen molar-refractivity contribution in [3.8, 4) is 0 Å². The number of nitrogens with zero attached hydrogens (tertiary/aromatic N) is 1. The van der Waals surface area contributed by atoms with Crippen molar-refractivity contribution in [2.24, 2.45) is 0 Å². The van der Waals surface area contributed by atoms with E-state index in [1.54, 1.807) is 6.20 Å². The van der Waals surface area contributed by atoms with Crippen molar-refractivity contribution < 1.29 is 4.42 Å². The summed E-state index contributed by atoms with van der Waals surface area (Å²) >= 11 is 5.99. The lowest BCUT2D eigenvalue weighted by Gasteiger charge is -2.16. The van der Waals surface area contributed by atoms with Crippen LogP contribution in [0.2, 0.25) is 5.02 Å². The summed E-state index contributed by atoms with van der Waals surface area (Å²) in [6.07, 6.45) is 4.16. The van der Waals surface area contributed by atoms with E-state index < -0.39 is 0 Å². The van der Waals surface area contributed by atoms with Gasteiger partial charge in [-0.1, -0.05) is 30.7 Å². The average molecular weight is 251 g/mol. The van der Waals surface area contributed by atoms with Crippen molar-refractivity contribution in [1.29, 1.82) is 0 Å². The average Bonchev–Trinajstić information content (AvgIpc) is 2.83. The van der Waals surface area contributed by atoms with Crippen LogP contribution in [-0.2, 0) is 6.54 Å². The van der Waals surface area contributed by atoms with Crippen molar-refractivity contribution in [2.45, 2.75) is 25.9 Å². The molecule has 1 aromatic carbocycles. The molecule has 1 heterocycles. The summed E-state index contributed by atoms with van der Waals surface area (Å²) in [4.78, 5) is 3.89. The Morgan fingerprint density at radius 2 is 2.35 bits per heavy atom. The largest absolute Gasteiger partial charge is 0.447 e. The smallest absolute Gasteiger partial charge is 0.180 e. The molecule has 17 heavy (non-hydrogen) atoms.